The zero-order valence-electron chi connectivity index (χ0n) is 10.9. The number of benzene rings is 1. The van der Waals surface area contributed by atoms with Gasteiger partial charge in [0.2, 0.25) is 5.71 Å². The van der Waals surface area contributed by atoms with Crippen molar-refractivity contribution in [3.63, 3.8) is 0 Å². The van der Waals surface area contributed by atoms with E-state index in [2.05, 4.69) is 15.0 Å². The predicted octanol–water partition coefficient (Wildman–Crippen LogP) is 2.80. The highest BCUT2D eigenvalue weighted by Gasteiger charge is 2.08. The van der Waals surface area contributed by atoms with Crippen molar-refractivity contribution in [2.75, 3.05) is 0 Å². The van der Waals surface area contributed by atoms with Gasteiger partial charge in [-0.3, -0.25) is 14.8 Å². The van der Waals surface area contributed by atoms with Gasteiger partial charge in [-0.25, -0.2) is 4.98 Å². The van der Waals surface area contributed by atoms with E-state index in [0.717, 1.165) is 16.6 Å². The second kappa shape index (κ2) is 4.49. The van der Waals surface area contributed by atoms with Gasteiger partial charge < -0.3 is 4.42 Å². The molecular weight excluding hydrogens is 266 g/mol. The molecular formula is C16H9N3O2. The van der Waals surface area contributed by atoms with E-state index in [0.29, 0.717) is 16.9 Å². The van der Waals surface area contributed by atoms with Crippen LogP contribution in [0.15, 0.2) is 64.2 Å². The van der Waals surface area contributed by atoms with Gasteiger partial charge in [-0.05, 0) is 30.3 Å². The van der Waals surface area contributed by atoms with Crippen LogP contribution in [0.2, 0.25) is 0 Å². The van der Waals surface area contributed by atoms with E-state index in [4.69, 9.17) is 4.42 Å². The van der Waals surface area contributed by atoms with Crippen molar-refractivity contribution in [1.82, 2.24) is 15.0 Å². The average molecular weight is 275 g/mol. The molecule has 5 heteroatoms. The Balaban J connectivity index is 1.97. The maximum Gasteiger partial charge on any atom is 0.230 e. The summed E-state index contributed by atoms with van der Waals surface area (Å²) in [6.07, 6.45) is 4.87. The zero-order chi connectivity index (χ0) is 14.2. The van der Waals surface area contributed by atoms with Crippen molar-refractivity contribution in [3.05, 3.63) is 65.2 Å². The molecule has 0 radical (unpaired) electrons. The summed E-state index contributed by atoms with van der Waals surface area (Å²) in [7, 11) is 0. The lowest BCUT2D eigenvalue weighted by molar-refractivity contribution is 0.605. The summed E-state index contributed by atoms with van der Waals surface area (Å²) in [6, 6.07) is 10.4. The van der Waals surface area contributed by atoms with Crippen molar-refractivity contribution < 1.29 is 4.42 Å². The summed E-state index contributed by atoms with van der Waals surface area (Å²) in [5.74, 6) is 0.471. The Hall–Kier alpha value is -3.08. The van der Waals surface area contributed by atoms with Crippen LogP contribution in [0, 0.1) is 0 Å². The Morgan fingerprint density at radius 2 is 1.71 bits per heavy atom. The molecule has 0 bridgehead atoms. The SMILES string of the molecule is O=c1cc(-c2ccc3nccnc3c2)oc2ncccc12. The predicted molar refractivity (Wildman–Crippen MR) is 78.8 cm³/mol. The van der Waals surface area contributed by atoms with Gasteiger partial charge in [0, 0.05) is 30.2 Å². The molecule has 1 aromatic carbocycles. The molecule has 0 saturated heterocycles. The summed E-state index contributed by atoms with van der Waals surface area (Å²) in [6.45, 7) is 0. The van der Waals surface area contributed by atoms with Crippen LogP contribution < -0.4 is 5.43 Å². The molecule has 0 fully saturated rings. The van der Waals surface area contributed by atoms with Gasteiger partial charge in [0.25, 0.3) is 0 Å². The van der Waals surface area contributed by atoms with Crippen molar-refractivity contribution in [3.8, 4) is 11.3 Å². The molecule has 0 aliphatic heterocycles. The minimum Gasteiger partial charge on any atom is -0.437 e. The first-order valence-electron chi connectivity index (χ1n) is 6.41. The number of fused-ring (bicyclic) bond motifs is 2. The summed E-state index contributed by atoms with van der Waals surface area (Å²) in [5, 5.41) is 0.474. The van der Waals surface area contributed by atoms with E-state index in [1.165, 1.54) is 6.07 Å². The van der Waals surface area contributed by atoms with E-state index in [1.807, 2.05) is 18.2 Å². The Labute approximate surface area is 118 Å². The number of hydrogen-bond donors (Lipinski definition) is 0. The van der Waals surface area contributed by atoms with Crippen molar-refractivity contribution >= 4 is 22.1 Å². The van der Waals surface area contributed by atoms with Crippen LogP contribution in [0.3, 0.4) is 0 Å². The minimum absolute atomic E-state index is 0.112. The van der Waals surface area contributed by atoms with Gasteiger partial charge in [0.1, 0.15) is 5.76 Å². The molecule has 21 heavy (non-hydrogen) atoms. The van der Waals surface area contributed by atoms with Crippen LogP contribution in [-0.2, 0) is 0 Å². The maximum atomic E-state index is 12.1. The Kier molecular flexibility index (Phi) is 2.50. The molecule has 100 valence electrons. The Morgan fingerprint density at radius 3 is 2.62 bits per heavy atom. The Bertz CT molecular complexity index is 1020. The summed E-state index contributed by atoms with van der Waals surface area (Å²) < 4.78 is 5.72. The summed E-state index contributed by atoms with van der Waals surface area (Å²) in [4.78, 5) is 24.7. The highest BCUT2D eigenvalue weighted by molar-refractivity contribution is 5.81. The first kappa shape index (κ1) is 11.7. The molecule has 3 aromatic heterocycles. The fraction of sp³-hybridized carbons (Fsp3) is 0. The molecule has 0 spiro atoms. The normalized spacial score (nSPS) is 11.0. The fourth-order valence-electron chi connectivity index (χ4n) is 2.25. The number of aromatic nitrogens is 3. The van der Waals surface area contributed by atoms with Crippen molar-refractivity contribution in [2.24, 2.45) is 0 Å². The standard InChI is InChI=1S/C16H9N3O2/c20-14-9-15(21-16-11(14)2-1-5-19-16)10-3-4-12-13(8-10)18-7-6-17-12/h1-9H. The molecule has 0 N–H and O–H groups in total. The van der Waals surface area contributed by atoms with Crippen LogP contribution in [-0.4, -0.2) is 15.0 Å². The summed E-state index contributed by atoms with van der Waals surface area (Å²) >= 11 is 0. The van der Waals surface area contributed by atoms with Crippen LogP contribution >= 0.6 is 0 Å². The van der Waals surface area contributed by atoms with Crippen LogP contribution in [0.1, 0.15) is 0 Å². The first-order valence-corrected chi connectivity index (χ1v) is 6.41. The van der Waals surface area contributed by atoms with Gasteiger partial charge in [-0.15, -0.1) is 0 Å². The van der Waals surface area contributed by atoms with Gasteiger partial charge in [-0.2, -0.15) is 0 Å². The summed E-state index contributed by atoms with van der Waals surface area (Å²) in [5.41, 5.74) is 2.53. The van der Waals surface area contributed by atoms with Crippen molar-refractivity contribution in [1.29, 1.82) is 0 Å². The smallest absolute Gasteiger partial charge is 0.230 e. The molecule has 0 atom stereocenters. The van der Waals surface area contributed by atoms with Crippen LogP contribution in [0.4, 0.5) is 0 Å². The molecule has 0 aliphatic rings. The molecule has 0 unspecified atom stereocenters. The number of hydrogen-bond acceptors (Lipinski definition) is 5. The minimum atomic E-state index is -0.112. The topological polar surface area (TPSA) is 68.9 Å². The monoisotopic (exact) mass is 275 g/mol. The second-order valence-corrected chi connectivity index (χ2v) is 4.59. The van der Waals surface area contributed by atoms with Gasteiger partial charge in [0.05, 0.1) is 16.4 Å². The van der Waals surface area contributed by atoms with E-state index in [9.17, 15) is 4.79 Å². The number of nitrogens with zero attached hydrogens (tertiary/aromatic N) is 3. The average Bonchev–Trinajstić information content (AvgIpc) is 2.54. The van der Waals surface area contributed by atoms with Crippen LogP contribution in [0.5, 0.6) is 0 Å². The van der Waals surface area contributed by atoms with E-state index < -0.39 is 0 Å². The molecule has 3 heterocycles. The van der Waals surface area contributed by atoms with Gasteiger partial charge >= 0.3 is 0 Å². The van der Waals surface area contributed by atoms with Gasteiger partial charge in [0.15, 0.2) is 5.43 Å². The molecule has 4 aromatic rings. The van der Waals surface area contributed by atoms with E-state index >= 15 is 0 Å². The molecule has 0 saturated carbocycles. The highest BCUT2D eigenvalue weighted by Crippen LogP contribution is 2.23. The molecule has 4 rings (SSSR count). The number of rotatable bonds is 1. The molecule has 0 amide bonds. The third-order valence-corrected chi connectivity index (χ3v) is 3.26. The molecule has 0 aliphatic carbocycles. The van der Waals surface area contributed by atoms with Crippen molar-refractivity contribution in [2.45, 2.75) is 0 Å². The second-order valence-electron chi connectivity index (χ2n) is 4.59. The number of pyridine rings is 1. The third-order valence-electron chi connectivity index (χ3n) is 3.26. The first-order chi connectivity index (χ1) is 10.3. The lowest BCUT2D eigenvalue weighted by Gasteiger charge is -2.03. The van der Waals surface area contributed by atoms with E-state index in [-0.39, 0.29) is 5.43 Å². The largest absolute Gasteiger partial charge is 0.437 e. The highest BCUT2D eigenvalue weighted by atomic mass is 16.3. The van der Waals surface area contributed by atoms with E-state index in [1.54, 1.807) is 30.7 Å². The quantitative estimate of drug-likeness (QED) is 0.534. The fourth-order valence-corrected chi connectivity index (χ4v) is 2.25. The zero-order valence-corrected chi connectivity index (χ0v) is 10.9. The third kappa shape index (κ3) is 1.95. The Morgan fingerprint density at radius 1 is 0.857 bits per heavy atom. The van der Waals surface area contributed by atoms with Crippen LogP contribution in [0.25, 0.3) is 33.5 Å². The molecule has 5 nitrogen and oxygen atoms in total. The maximum absolute atomic E-state index is 12.1. The lowest BCUT2D eigenvalue weighted by Crippen LogP contribution is -2.01. The lowest BCUT2D eigenvalue weighted by atomic mass is 10.1. The van der Waals surface area contributed by atoms with Gasteiger partial charge in [-0.1, -0.05) is 0 Å².